The van der Waals surface area contributed by atoms with Crippen LogP contribution in [0.15, 0.2) is 0 Å². The number of rotatable bonds is 4. The van der Waals surface area contributed by atoms with Crippen molar-refractivity contribution in [1.82, 2.24) is 0 Å². The zero-order valence-corrected chi connectivity index (χ0v) is 10.5. The highest BCUT2D eigenvalue weighted by atomic mass is 31.2. The van der Waals surface area contributed by atoms with Crippen LogP contribution in [0.4, 0.5) is 0 Å². The first kappa shape index (κ1) is 12.2. The standard InChI is InChI=1S/C6H8O10P2/c7-1-2-9-3-4-10-6(15-17(11-4)12-4)5(8)13-18(14-5)16-6/h7-8H,1-3H2. The molecule has 102 valence electrons. The topological polar surface area (TPSA) is 114 Å². The van der Waals surface area contributed by atoms with Gasteiger partial charge in [-0.1, -0.05) is 0 Å². The van der Waals surface area contributed by atoms with Crippen LogP contribution in [0.3, 0.4) is 0 Å². The van der Waals surface area contributed by atoms with E-state index in [-0.39, 0.29) is 19.8 Å². The molecule has 0 saturated carbocycles. The van der Waals surface area contributed by atoms with Crippen LogP contribution in [0.1, 0.15) is 0 Å². The third-order valence-electron chi connectivity index (χ3n) is 2.40. The summed E-state index contributed by atoms with van der Waals surface area (Å²) in [7, 11) is -3.37. The minimum atomic E-state index is -2.10. The second kappa shape index (κ2) is 3.76. The Morgan fingerprint density at radius 1 is 1.00 bits per heavy atom. The van der Waals surface area contributed by atoms with Gasteiger partial charge in [-0.2, -0.15) is 0 Å². The molecule has 12 heteroatoms. The average Bonchev–Trinajstić information content (AvgIpc) is 2.63. The number of aliphatic hydroxyl groups is 2. The lowest BCUT2D eigenvalue weighted by Crippen LogP contribution is -2.67. The summed E-state index contributed by atoms with van der Waals surface area (Å²) in [5.74, 6) is -5.53. The number of ether oxygens (including phenoxy) is 2. The second-order valence-electron chi connectivity index (χ2n) is 3.69. The van der Waals surface area contributed by atoms with E-state index >= 15 is 0 Å². The molecule has 4 bridgehead atoms. The molecule has 0 aliphatic carbocycles. The third-order valence-corrected chi connectivity index (χ3v) is 4.83. The van der Waals surface area contributed by atoms with Crippen LogP contribution in [0.5, 0.6) is 0 Å². The molecule has 6 saturated heterocycles. The Balaban J connectivity index is 1.49. The lowest BCUT2D eigenvalue weighted by molar-refractivity contribution is -0.562. The van der Waals surface area contributed by atoms with E-state index in [9.17, 15) is 5.11 Å². The first-order valence-electron chi connectivity index (χ1n) is 4.95. The van der Waals surface area contributed by atoms with Crippen molar-refractivity contribution in [2.24, 2.45) is 0 Å². The Kier molecular flexibility index (Phi) is 2.55. The van der Waals surface area contributed by atoms with E-state index in [1.165, 1.54) is 0 Å². The monoisotopic (exact) mass is 302 g/mol. The van der Waals surface area contributed by atoms with Crippen molar-refractivity contribution in [3.8, 4) is 0 Å². The largest absolute Gasteiger partial charge is 0.394 e. The van der Waals surface area contributed by atoms with Crippen LogP contribution in [0, 0.1) is 0 Å². The van der Waals surface area contributed by atoms with E-state index in [1.807, 2.05) is 0 Å². The highest BCUT2D eigenvalue weighted by molar-refractivity contribution is 7.44. The number of hydrogen-bond acceptors (Lipinski definition) is 10. The fraction of sp³-hybridized carbons (Fsp3) is 1.00. The Bertz CT molecular complexity index is 367. The fourth-order valence-electron chi connectivity index (χ4n) is 1.65. The molecule has 0 aromatic rings. The van der Waals surface area contributed by atoms with Crippen molar-refractivity contribution in [3.05, 3.63) is 0 Å². The molecular weight excluding hydrogens is 294 g/mol. The smallest absolute Gasteiger partial charge is 0.388 e. The molecule has 6 rings (SSSR count). The summed E-state index contributed by atoms with van der Waals surface area (Å²) < 4.78 is 41.0. The minimum Gasteiger partial charge on any atom is -0.394 e. The molecule has 6 aliphatic heterocycles. The van der Waals surface area contributed by atoms with Crippen molar-refractivity contribution >= 4 is 17.2 Å². The lowest BCUT2D eigenvalue weighted by Gasteiger charge is -2.53. The van der Waals surface area contributed by atoms with Crippen LogP contribution < -0.4 is 0 Å². The molecule has 18 heavy (non-hydrogen) atoms. The van der Waals surface area contributed by atoms with Gasteiger partial charge in [0.05, 0.1) is 13.2 Å². The van der Waals surface area contributed by atoms with Gasteiger partial charge in [0.2, 0.25) is 0 Å². The third kappa shape index (κ3) is 1.49. The van der Waals surface area contributed by atoms with Crippen molar-refractivity contribution in [3.63, 3.8) is 0 Å². The Morgan fingerprint density at radius 2 is 1.67 bits per heavy atom. The highest BCUT2D eigenvalue weighted by Crippen LogP contribution is 2.78. The summed E-state index contributed by atoms with van der Waals surface area (Å²) in [4.78, 5) is 0. The maximum atomic E-state index is 9.88. The fourth-order valence-corrected chi connectivity index (χ4v) is 3.91. The zero-order valence-electron chi connectivity index (χ0n) is 8.68. The Labute approximate surface area is 103 Å². The summed E-state index contributed by atoms with van der Waals surface area (Å²) >= 11 is 0. The van der Waals surface area contributed by atoms with E-state index in [0.717, 1.165) is 0 Å². The number of hydrogen-bond donors (Lipinski definition) is 2. The molecule has 2 N–H and O–H groups in total. The normalized spacial score (nSPS) is 56.3. The molecule has 0 amide bonds. The van der Waals surface area contributed by atoms with E-state index < -0.39 is 35.1 Å². The Morgan fingerprint density at radius 3 is 2.28 bits per heavy atom. The van der Waals surface area contributed by atoms with E-state index in [1.54, 1.807) is 0 Å². The zero-order chi connectivity index (χ0) is 12.4. The van der Waals surface area contributed by atoms with Gasteiger partial charge in [-0.3, -0.25) is 13.8 Å². The van der Waals surface area contributed by atoms with Gasteiger partial charge in [0, 0.05) is 0 Å². The van der Waals surface area contributed by atoms with Gasteiger partial charge >= 0.3 is 35.1 Å². The van der Waals surface area contributed by atoms with Crippen molar-refractivity contribution in [2.45, 2.75) is 17.9 Å². The lowest BCUT2D eigenvalue weighted by atomic mass is 10.4. The summed E-state index contributed by atoms with van der Waals surface area (Å²) in [5.41, 5.74) is 0. The predicted molar refractivity (Wildman–Crippen MR) is 49.8 cm³/mol. The summed E-state index contributed by atoms with van der Waals surface area (Å²) in [6.45, 7) is -0.173. The molecule has 1 spiro atoms. The molecule has 1 atom stereocenters. The predicted octanol–water partition coefficient (Wildman–Crippen LogP) is -0.427. The highest BCUT2D eigenvalue weighted by Gasteiger charge is 2.84. The molecule has 6 fully saturated rings. The molecule has 6 aliphatic rings. The van der Waals surface area contributed by atoms with Gasteiger partial charge in [0.1, 0.15) is 6.61 Å². The second-order valence-corrected chi connectivity index (χ2v) is 5.68. The van der Waals surface area contributed by atoms with Crippen molar-refractivity contribution in [1.29, 1.82) is 0 Å². The molecule has 0 radical (unpaired) electrons. The molecule has 10 nitrogen and oxygen atoms in total. The summed E-state index contributed by atoms with van der Waals surface area (Å²) in [6, 6.07) is 0. The summed E-state index contributed by atoms with van der Waals surface area (Å²) in [6.07, 6.45) is 0. The van der Waals surface area contributed by atoms with Crippen LogP contribution in [0.2, 0.25) is 0 Å². The van der Waals surface area contributed by atoms with E-state index in [2.05, 4.69) is 0 Å². The van der Waals surface area contributed by atoms with Gasteiger partial charge in [-0.05, 0) is 0 Å². The average molecular weight is 302 g/mol. The van der Waals surface area contributed by atoms with Crippen LogP contribution in [0.25, 0.3) is 0 Å². The van der Waals surface area contributed by atoms with Gasteiger partial charge in [-0.25, -0.2) is 18.1 Å². The minimum absolute atomic E-state index is 0.0917. The van der Waals surface area contributed by atoms with Gasteiger partial charge in [-0.15, -0.1) is 0 Å². The first-order valence-corrected chi connectivity index (χ1v) is 7.14. The van der Waals surface area contributed by atoms with Gasteiger partial charge in [0.25, 0.3) is 0 Å². The van der Waals surface area contributed by atoms with E-state index in [0.29, 0.717) is 0 Å². The molecule has 6 heterocycles. The van der Waals surface area contributed by atoms with Crippen LogP contribution >= 0.6 is 17.2 Å². The molecule has 1 unspecified atom stereocenters. The number of aliphatic hydroxyl groups excluding tert-OH is 1. The van der Waals surface area contributed by atoms with Crippen molar-refractivity contribution in [2.75, 3.05) is 19.8 Å². The Hall–Kier alpha value is 0.460. The first-order chi connectivity index (χ1) is 8.59. The van der Waals surface area contributed by atoms with Crippen LogP contribution in [-0.2, 0) is 36.6 Å². The van der Waals surface area contributed by atoms with Crippen molar-refractivity contribution < 1.29 is 46.8 Å². The van der Waals surface area contributed by atoms with E-state index in [4.69, 9.17) is 41.7 Å². The molecule has 0 aromatic heterocycles. The SMILES string of the molecule is OCCOCC12OP(O1)OC1(OP3OC1(O)O3)O2. The van der Waals surface area contributed by atoms with Gasteiger partial charge in [0.15, 0.2) is 0 Å². The molecular formula is C6H8O10P2. The van der Waals surface area contributed by atoms with Gasteiger partial charge < -0.3 is 14.9 Å². The maximum Gasteiger partial charge on any atom is 0.388 e. The quantitative estimate of drug-likeness (QED) is 0.523. The summed E-state index contributed by atoms with van der Waals surface area (Å²) in [5, 5.41) is 18.5. The maximum absolute atomic E-state index is 9.88. The molecule has 0 aromatic carbocycles. The van der Waals surface area contributed by atoms with Crippen LogP contribution in [-0.4, -0.2) is 48.0 Å².